The number of carboxylic acid groups (broad SMARTS) is 1. The van der Waals surface area contributed by atoms with Gasteiger partial charge < -0.3 is 20.4 Å². The van der Waals surface area contributed by atoms with Crippen molar-refractivity contribution in [2.24, 2.45) is 0 Å². The lowest BCUT2D eigenvalue weighted by atomic mass is 10.0. The highest BCUT2D eigenvalue weighted by Crippen LogP contribution is 2.13. The van der Waals surface area contributed by atoms with Crippen LogP contribution in [0.5, 0.6) is 0 Å². The first-order chi connectivity index (χ1) is 8.12. The van der Waals surface area contributed by atoms with Crippen LogP contribution in [0.1, 0.15) is 52.9 Å². The largest absolute Gasteiger partial charge is 0.478 e. The summed E-state index contributed by atoms with van der Waals surface area (Å²) in [5.41, 5.74) is 0.176. The van der Waals surface area contributed by atoms with Gasteiger partial charge in [0, 0.05) is 5.57 Å². The van der Waals surface area contributed by atoms with Gasteiger partial charge >= 0.3 is 5.97 Å². The van der Waals surface area contributed by atoms with Crippen molar-refractivity contribution in [2.45, 2.75) is 64.8 Å². The molecule has 0 amide bonds. The smallest absolute Gasteiger partial charge is 0.330 e. The van der Waals surface area contributed by atoms with Crippen molar-refractivity contribution in [3.05, 3.63) is 12.2 Å². The molecule has 4 N–H and O–H groups in total. The van der Waals surface area contributed by atoms with E-state index in [-0.39, 0.29) is 5.57 Å². The van der Waals surface area contributed by atoms with Crippen LogP contribution in [0.15, 0.2) is 12.2 Å². The van der Waals surface area contributed by atoms with E-state index in [4.69, 9.17) is 15.3 Å². The molecule has 0 aliphatic rings. The van der Waals surface area contributed by atoms with Gasteiger partial charge in [0.15, 0.2) is 5.79 Å². The number of hydrogen-bond acceptors (Lipinski definition) is 4. The van der Waals surface area contributed by atoms with Crippen molar-refractivity contribution in [3.63, 3.8) is 0 Å². The Hall–Kier alpha value is -0.910. The minimum Gasteiger partial charge on any atom is -0.478 e. The van der Waals surface area contributed by atoms with E-state index in [1.54, 1.807) is 0 Å². The number of hydrogen-bond donors (Lipinski definition) is 4. The lowest BCUT2D eigenvalue weighted by molar-refractivity contribution is -0.212. The molecule has 1 unspecified atom stereocenters. The van der Waals surface area contributed by atoms with Crippen molar-refractivity contribution in [1.29, 1.82) is 0 Å². The van der Waals surface area contributed by atoms with Gasteiger partial charge in [-0.05, 0) is 20.3 Å². The Morgan fingerprint density at radius 2 is 1.72 bits per heavy atom. The van der Waals surface area contributed by atoms with Crippen LogP contribution in [-0.2, 0) is 4.79 Å². The zero-order valence-electron chi connectivity index (χ0n) is 11.5. The maximum atomic E-state index is 9.60. The molecule has 0 aliphatic carbocycles. The van der Waals surface area contributed by atoms with E-state index in [0.29, 0.717) is 6.42 Å². The van der Waals surface area contributed by atoms with Crippen LogP contribution in [0.3, 0.4) is 0 Å². The fourth-order valence-corrected chi connectivity index (χ4v) is 1.04. The Bertz CT molecular complexity index is 230. The predicted octanol–water partition coefficient (Wildman–Crippen LogP) is 1.67. The second kappa shape index (κ2) is 10.1. The standard InChI is InChI=1S/C9H20O3.C4H6O2/c1-3-4-5-6-7-8(10)9(2,11)12;1-3(2)4(5)6/h8,10-12H,3-7H2,1-2H3;1H2,2H3,(H,5,6). The summed E-state index contributed by atoms with van der Waals surface area (Å²) in [6.45, 7) is 7.92. The number of unbranched alkanes of at least 4 members (excludes halogenated alkanes) is 3. The van der Waals surface area contributed by atoms with Crippen LogP contribution in [0.25, 0.3) is 0 Å². The molecular formula is C13H26O5. The number of aliphatic hydroxyl groups is 3. The molecule has 5 nitrogen and oxygen atoms in total. The van der Waals surface area contributed by atoms with Gasteiger partial charge in [-0.25, -0.2) is 4.79 Å². The summed E-state index contributed by atoms with van der Waals surface area (Å²) in [5, 5.41) is 35.0. The highest BCUT2D eigenvalue weighted by atomic mass is 16.5. The molecule has 0 aromatic heterocycles. The molecule has 0 aromatic carbocycles. The molecule has 5 heteroatoms. The average Bonchev–Trinajstić information content (AvgIpc) is 2.23. The van der Waals surface area contributed by atoms with Crippen LogP contribution in [0, 0.1) is 0 Å². The molecule has 0 bridgehead atoms. The summed E-state index contributed by atoms with van der Waals surface area (Å²) in [7, 11) is 0. The molecule has 0 rings (SSSR count). The summed E-state index contributed by atoms with van der Waals surface area (Å²) >= 11 is 0. The highest BCUT2D eigenvalue weighted by Gasteiger charge is 2.25. The zero-order chi connectivity index (χ0) is 14.8. The lowest BCUT2D eigenvalue weighted by Gasteiger charge is -2.22. The third kappa shape index (κ3) is 13.2. The second-order valence-electron chi connectivity index (χ2n) is 4.54. The molecule has 0 aromatic rings. The molecule has 1 atom stereocenters. The van der Waals surface area contributed by atoms with E-state index in [1.807, 2.05) is 0 Å². The monoisotopic (exact) mass is 262 g/mol. The Labute approximate surface area is 109 Å². The molecule has 0 aliphatic heterocycles. The van der Waals surface area contributed by atoms with Gasteiger partial charge in [0.05, 0.1) is 0 Å². The fraction of sp³-hybridized carbons (Fsp3) is 0.769. The number of carbonyl (C=O) groups is 1. The Kier molecular flexibility index (Phi) is 10.9. The molecule has 0 fully saturated rings. The normalized spacial score (nSPS) is 12.3. The Balaban J connectivity index is 0. The zero-order valence-corrected chi connectivity index (χ0v) is 11.5. The summed E-state index contributed by atoms with van der Waals surface area (Å²) in [6, 6.07) is 0. The lowest BCUT2D eigenvalue weighted by Crippen LogP contribution is -2.38. The predicted molar refractivity (Wildman–Crippen MR) is 70.1 cm³/mol. The van der Waals surface area contributed by atoms with E-state index in [0.717, 1.165) is 25.7 Å². The highest BCUT2D eigenvalue weighted by molar-refractivity contribution is 5.84. The third-order valence-electron chi connectivity index (χ3n) is 2.33. The second-order valence-corrected chi connectivity index (χ2v) is 4.54. The number of aliphatic carboxylic acids is 1. The van der Waals surface area contributed by atoms with Gasteiger partial charge in [0.2, 0.25) is 0 Å². The van der Waals surface area contributed by atoms with Crippen LogP contribution in [0.4, 0.5) is 0 Å². The first-order valence-corrected chi connectivity index (χ1v) is 6.14. The molecule has 0 heterocycles. The molecule has 0 spiro atoms. The van der Waals surface area contributed by atoms with Crippen molar-refractivity contribution in [1.82, 2.24) is 0 Å². The van der Waals surface area contributed by atoms with Crippen LogP contribution < -0.4 is 0 Å². The Morgan fingerprint density at radius 3 is 2.00 bits per heavy atom. The summed E-state index contributed by atoms with van der Waals surface area (Å²) in [5.74, 6) is -2.87. The van der Waals surface area contributed by atoms with E-state index >= 15 is 0 Å². The maximum Gasteiger partial charge on any atom is 0.330 e. The van der Waals surface area contributed by atoms with Gasteiger partial charge in [-0.1, -0.05) is 39.2 Å². The first-order valence-electron chi connectivity index (χ1n) is 6.14. The van der Waals surface area contributed by atoms with Crippen molar-refractivity contribution in [3.8, 4) is 0 Å². The summed E-state index contributed by atoms with van der Waals surface area (Å²) < 4.78 is 0. The molecule has 0 saturated heterocycles. The topological polar surface area (TPSA) is 98.0 Å². The minimum absolute atomic E-state index is 0.176. The molecule has 108 valence electrons. The quantitative estimate of drug-likeness (QED) is 0.318. The molecule has 0 saturated carbocycles. The van der Waals surface area contributed by atoms with E-state index < -0.39 is 17.9 Å². The Morgan fingerprint density at radius 1 is 1.28 bits per heavy atom. The summed E-state index contributed by atoms with van der Waals surface area (Å²) in [6.07, 6.45) is 3.62. The SMILES string of the molecule is C=C(C)C(=O)O.CCCCCCC(O)C(C)(O)O. The average molecular weight is 262 g/mol. The van der Waals surface area contributed by atoms with Crippen molar-refractivity contribution >= 4 is 5.97 Å². The number of aliphatic hydroxyl groups excluding tert-OH is 1. The molecular weight excluding hydrogens is 236 g/mol. The van der Waals surface area contributed by atoms with Gasteiger partial charge in [-0.3, -0.25) is 0 Å². The fourth-order valence-electron chi connectivity index (χ4n) is 1.04. The summed E-state index contributed by atoms with van der Waals surface area (Å²) in [4.78, 5) is 9.60. The molecule has 0 radical (unpaired) electrons. The number of rotatable bonds is 7. The van der Waals surface area contributed by atoms with Gasteiger partial charge in [0.1, 0.15) is 6.10 Å². The van der Waals surface area contributed by atoms with E-state index in [1.165, 1.54) is 13.8 Å². The van der Waals surface area contributed by atoms with Crippen LogP contribution in [-0.4, -0.2) is 38.3 Å². The number of carboxylic acids is 1. The van der Waals surface area contributed by atoms with E-state index in [2.05, 4.69) is 13.5 Å². The minimum atomic E-state index is -1.94. The van der Waals surface area contributed by atoms with Crippen molar-refractivity contribution < 1.29 is 25.2 Å². The van der Waals surface area contributed by atoms with Gasteiger partial charge in [-0.15, -0.1) is 0 Å². The molecule has 18 heavy (non-hydrogen) atoms. The van der Waals surface area contributed by atoms with Crippen molar-refractivity contribution in [2.75, 3.05) is 0 Å². The van der Waals surface area contributed by atoms with E-state index in [9.17, 15) is 9.90 Å². The third-order valence-corrected chi connectivity index (χ3v) is 2.33. The first kappa shape index (κ1) is 19.4. The van der Waals surface area contributed by atoms with Gasteiger partial charge in [0.25, 0.3) is 0 Å². The maximum absolute atomic E-state index is 9.60. The van der Waals surface area contributed by atoms with Crippen LogP contribution in [0.2, 0.25) is 0 Å². The van der Waals surface area contributed by atoms with Crippen LogP contribution >= 0.6 is 0 Å². The van der Waals surface area contributed by atoms with Gasteiger partial charge in [-0.2, -0.15) is 0 Å².